The zero-order valence-corrected chi connectivity index (χ0v) is 8.42. The highest BCUT2D eigenvalue weighted by molar-refractivity contribution is 5.63. The van der Waals surface area contributed by atoms with Crippen LogP contribution in [-0.4, -0.2) is 10.2 Å². The summed E-state index contributed by atoms with van der Waals surface area (Å²) in [6.07, 6.45) is 1.27. The van der Waals surface area contributed by atoms with Crippen LogP contribution in [0.5, 0.6) is 0 Å². The van der Waals surface area contributed by atoms with Crippen molar-refractivity contribution in [3.63, 3.8) is 0 Å². The van der Waals surface area contributed by atoms with Crippen LogP contribution in [0, 0.1) is 18.6 Å². The fourth-order valence-electron chi connectivity index (χ4n) is 1.39. The molecule has 0 amide bonds. The second kappa shape index (κ2) is 3.84. The lowest BCUT2D eigenvalue weighted by Gasteiger charge is -2.04. The van der Waals surface area contributed by atoms with E-state index in [9.17, 15) is 13.6 Å². The minimum Gasteiger partial charge on any atom is -0.268 e. The van der Waals surface area contributed by atoms with Crippen LogP contribution in [0.25, 0.3) is 11.1 Å². The molecule has 2 aromatic rings. The standard InChI is InChI=1S/C11H8F2N2O/c1-6-2-3-8(11(13)10(6)12)7-4-9(16)15-14-5-7/h2-5H,1H3,(H,15,16). The Kier molecular flexibility index (Phi) is 2.52. The predicted octanol–water partition coefficient (Wildman–Crippen LogP) is 2.02. The van der Waals surface area contributed by atoms with E-state index in [0.717, 1.165) is 0 Å². The molecule has 0 saturated heterocycles. The van der Waals surface area contributed by atoms with Crippen LogP contribution in [0.1, 0.15) is 5.56 Å². The molecule has 5 heteroatoms. The van der Waals surface area contributed by atoms with Gasteiger partial charge in [-0.2, -0.15) is 5.10 Å². The Labute approximate surface area is 89.8 Å². The first-order valence-corrected chi connectivity index (χ1v) is 4.59. The highest BCUT2D eigenvalue weighted by Crippen LogP contribution is 2.24. The molecule has 0 aliphatic carbocycles. The van der Waals surface area contributed by atoms with Crippen molar-refractivity contribution in [2.75, 3.05) is 0 Å². The second-order valence-corrected chi connectivity index (χ2v) is 3.39. The van der Waals surface area contributed by atoms with Crippen molar-refractivity contribution >= 4 is 0 Å². The van der Waals surface area contributed by atoms with Crippen molar-refractivity contribution in [2.24, 2.45) is 0 Å². The van der Waals surface area contributed by atoms with E-state index in [1.54, 1.807) is 0 Å². The molecule has 1 N–H and O–H groups in total. The van der Waals surface area contributed by atoms with Gasteiger partial charge >= 0.3 is 0 Å². The molecule has 1 heterocycles. The predicted molar refractivity (Wildman–Crippen MR) is 54.9 cm³/mol. The molecular weight excluding hydrogens is 214 g/mol. The smallest absolute Gasteiger partial charge is 0.264 e. The Morgan fingerprint density at radius 2 is 2.00 bits per heavy atom. The molecule has 0 aliphatic rings. The second-order valence-electron chi connectivity index (χ2n) is 3.39. The Morgan fingerprint density at radius 1 is 1.25 bits per heavy atom. The molecule has 0 atom stereocenters. The molecule has 0 spiro atoms. The fourth-order valence-corrected chi connectivity index (χ4v) is 1.39. The average Bonchev–Trinajstić information content (AvgIpc) is 2.26. The number of hydrogen-bond donors (Lipinski definition) is 1. The number of aromatic amines is 1. The summed E-state index contributed by atoms with van der Waals surface area (Å²) in [6, 6.07) is 4.04. The molecule has 2 rings (SSSR count). The SMILES string of the molecule is Cc1ccc(-c2cn[nH]c(=O)c2)c(F)c1F. The van der Waals surface area contributed by atoms with Crippen LogP contribution < -0.4 is 5.56 Å². The van der Waals surface area contributed by atoms with E-state index in [1.165, 1.54) is 31.3 Å². The van der Waals surface area contributed by atoms with Crippen molar-refractivity contribution in [3.8, 4) is 11.1 Å². The van der Waals surface area contributed by atoms with Gasteiger partial charge in [0.05, 0.1) is 6.20 Å². The van der Waals surface area contributed by atoms with Crippen LogP contribution >= 0.6 is 0 Å². The molecule has 16 heavy (non-hydrogen) atoms. The third-order valence-corrected chi connectivity index (χ3v) is 2.25. The Balaban J connectivity index is 2.66. The van der Waals surface area contributed by atoms with E-state index in [1.807, 2.05) is 0 Å². The Bertz CT molecular complexity index is 593. The molecule has 3 nitrogen and oxygen atoms in total. The van der Waals surface area contributed by atoms with Crippen LogP contribution in [0.4, 0.5) is 8.78 Å². The molecule has 1 aromatic carbocycles. The number of halogens is 2. The molecule has 82 valence electrons. The number of hydrogen-bond acceptors (Lipinski definition) is 2. The fraction of sp³-hybridized carbons (Fsp3) is 0.0909. The van der Waals surface area contributed by atoms with Gasteiger partial charge in [0.1, 0.15) is 0 Å². The highest BCUT2D eigenvalue weighted by atomic mass is 19.2. The minimum absolute atomic E-state index is 0.0294. The Hall–Kier alpha value is -2.04. The van der Waals surface area contributed by atoms with Gasteiger partial charge in [0.15, 0.2) is 11.6 Å². The lowest BCUT2D eigenvalue weighted by atomic mass is 10.1. The van der Waals surface area contributed by atoms with Gasteiger partial charge in [-0.05, 0) is 12.5 Å². The molecule has 0 bridgehead atoms. The zero-order chi connectivity index (χ0) is 11.7. The summed E-state index contributed by atoms with van der Waals surface area (Å²) < 4.78 is 26.9. The van der Waals surface area contributed by atoms with Crippen molar-refractivity contribution in [3.05, 3.63) is 51.9 Å². The number of rotatable bonds is 1. The van der Waals surface area contributed by atoms with E-state index in [-0.39, 0.29) is 16.7 Å². The van der Waals surface area contributed by atoms with E-state index in [4.69, 9.17) is 0 Å². The van der Waals surface area contributed by atoms with E-state index < -0.39 is 17.2 Å². The van der Waals surface area contributed by atoms with E-state index in [2.05, 4.69) is 10.2 Å². The highest BCUT2D eigenvalue weighted by Gasteiger charge is 2.12. The van der Waals surface area contributed by atoms with Gasteiger partial charge in [-0.1, -0.05) is 12.1 Å². The van der Waals surface area contributed by atoms with Crippen LogP contribution in [0.15, 0.2) is 29.2 Å². The summed E-state index contributed by atoms with van der Waals surface area (Å²) in [6.45, 7) is 1.47. The quantitative estimate of drug-likeness (QED) is 0.802. The van der Waals surface area contributed by atoms with Gasteiger partial charge in [0, 0.05) is 17.2 Å². The average molecular weight is 222 g/mol. The monoisotopic (exact) mass is 222 g/mol. The first-order valence-electron chi connectivity index (χ1n) is 4.59. The summed E-state index contributed by atoms with van der Waals surface area (Å²) in [5.41, 5.74) is 0.0405. The maximum atomic E-state index is 13.6. The number of benzene rings is 1. The van der Waals surface area contributed by atoms with Crippen LogP contribution in [0.2, 0.25) is 0 Å². The maximum absolute atomic E-state index is 13.6. The first-order chi connectivity index (χ1) is 7.59. The molecule has 0 aliphatic heterocycles. The van der Waals surface area contributed by atoms with Gasteiger partial charge in [0.25, 0.3) is 5.56 Å². The topological polar surface area (TPSA) is 45.8 Å². The molecule has 0 unspecified atom stereocenters. The normalized spacial score (nSPS) is 10.4. The molecule has 1 aromatic heterocycles. The summed E-state index contributed by atoms with van der Waals surface area (Å²) in [5, 5.41) is 5.69. The third-order valence-electron chi connectivity index (χ3n) is 2.25. The largest absolute Gasteiger partial charge is 0.268 e. The third kappa shape index (κ3) is 1.71. The number of aromatic nitrogens is 2. The van der Waals surface area contributed by atoms with Gasteiger partial charge < -0.3 is 0 Å². The molecule has 0 radical (unpaired) electrons. The van der Waals surface area contributed by atoms with Crippen LogP contribution in [0.3, 0.4) is 0 Å². The molecular formula is C11H8F2N2O. The van der Waals surface area contributed by atoms with E-state index in [0.29, 0.717) is 0 Å². The lowest BCUT2D eigenvalue weighted by molar-refractivity contribution is 0.505. The van der Waals surface area contributed by atoms with Gasteiger partial charge in [0.2, 0.25) is 0 Å². The van der Waals surface area contributed by atoms with Crippen molar-refractivity contribution < 1.29 is 8.78 Å². The number of H-pyrrole nitrogens is 1. The van der Waals surface area contributed by atoms with Gasteiger partial charge in [-0.25, -0.2) is 13.9 Å². The number of nitrogens with zero attached hydrogens (tertiary/aromatic N) is 1. The van der Waals surface area contributed by atoms with Crippen molar-refractivity contribution in [2.45, 2.75) is 6.92 Å². The number of nitrogens with one attached hydrogen (secondary N) is 1. The van der Waals surface area contributed by atoms with E-state index >= 15 is 0 Å². The summed E-state index contributed by atoms with van der Waals surface area (Å²) in [7, 11) is 0. The first kappa shape index (κ1) is 10.5. The Morgan fingerprint density at radius 3 is 2.69 bits per heavy atom. The zero-order valence-electron chi connectivity index (χ0n) is 8.42. The van der Waals surface area contributed by atoms with Crippen molar-refractivity contribution in [1.29, 1.82) is 0 Å². The molecule has 0 saturated carbocycles. The number of aryl methyl sites for hydroxylation is 1. The molecule has 0 fully saturated rings. The maximum Gasteiger partial charge on any atom is 0.264 e. The summed E-state index contributed by atoms with van der Waals surface area (Å²) in [4.78, 5) is 11.0. The lowest BCUT2D eigenvalue weighted by Crippen LogP contribution is -2.06. The van der Waals surface area contributed by atoms with Gasteiger partial charge in [-0.3, -0.25) is 4.79 Å². The van der Waals surface area contributed by atoms with Crippen molar-refractivity contribution in [1.82, 2.24) is 10.2 Å². The van der Waals surface area contributed by atoms with Crippen LogP contribution in [-0.2, 0) is 0 Å². The van der Waals surface area contributed by atoms with Gasteiger partial charge in [-0.15, -0.1) is 0 Å². The summed E-state index contributed by atoms with van der Waals surface area (Å²) >= 11 is 0. The minimum atomic E-state index is -0.965. The summed E-state index contributed by atoms with van der Waals surface area (Å²) in [5.74, 6) is -1.87.